The van der Waals surface area contributed by atoms with E-state index in [0.29, 0.717) is 24.1 Å². The number of ether oxygens (including phenoxy) is 2. The number of carbonyl (C=O) groups excluding carboxylic acids is 1. The van der Waals surface area contributed by atoms with Gasteiger partial charge in [-0.15, -0.1) is 0 Å². The van der Waals surface area contributed by atoms with Crippen LogP contribution in [0.25, 0.3) is 0 Å². The van der Waals surface area contributed by atoms with Crippen molar-refractivity contribution in [3.05, 3.63) is 35.7 Å². The van der Waals surface area contributed by atoms with Gasteiger partial charge in [0, 0.05) is 0 Å². The van der Waals surface area contributed by atoms with Crippen LogP contribution in [-0.4, -0.2) is 28.5 Å². The molecule has 3 rings (SSSR count). The molecule has 0 unspecified atom stereocenters. The first-order valence-electron chi connectivity index (χ1n) is 9.41. The first kappa shape index (κ1) is 18.9. The second-order valence-corrected chi connectivity index (χ2v) is 6.72. The zero-order valence-electron chi connectivity index (χ0n) is 15.9. The molecule has 0 amide bonds. The van der Waals surface area contributed by atoms with Gasteiger partial charge in [0.15, 0.2) is 11.5 Å². The summed E-state index contributed by atoms with van der Waals surface area (Å²) < 4.78 is 12.8. The Kier molecular flexibility index (Phi) is 6.11. The minimum absolute atomic E-state index is 0.0121. The SMILES string of the molecule is CCOc1cc(C=Nn2cc(C)nc2N)ccc1OC(=O)C1CCCCC1. The van der Waals surface area contributed by atoms with E-state index in [2.05, 4.69) is 10.1 Å². The highest BCUT2D eigenvalue weighted by atomic mass is 16.6. The third-order valence-corrected chi connectivity index (χ3v) is 4.58. The third-order valence-electron chi connectivity index (χ3n) is 4.58. The number of nitrogens with two attached hydrogens (primary N) is 1. The van der Waals surface area contributed by atoms with Gasteiger partial charge in [-0.1, -0.05) is 19.3 Å². The van der Waals surface area contributed by atoms with E-state index >= 15 is 0 Å². The molecule has 0 radical (unpaired) electrons. The molecule has 1 aromatic carbocycles. The molecule has 1 saturated carbocycles. The number of imidazole rings is 1. The number of benzene rings is 1. The second-order valence-electron chi connectivity index (χ2n) is 6.72. The second kappa shape index (κ2) is 8.70. The first-order valence-corrected chi connectivity index (χ1v) is 9.41. The van der Waals surface area contributed by atoms with Crippen molar-refractivity contribution in [1.82, 2.24) is 9.66 Å². The molecule has 1 aromatic heterocycles. The van der Waals surface area contributed by atoms with Crippen molar-refractivity contribution in [2.24, 2.45) is 11.0 Å². The molecule has 2 aromatic rings. The summed E-state index contributed by atoms with van der Waals surface area (Å²) in [4.78, 5) is 16.5. The van der Waals surface area contributed by atoms with Gasteiger partial charge < -0.3 is 15.2 Å². The van der Waals surface area contributed by atoms with Gasteiger partial charge in [-0.3, -0.25) is 4.79 Å². The first-order chi connectivity index (χ1) is 13.1. The predicted molar refractivity (Wildman–Crippen MR) is 104 cm³/mol. The molecule has 0 bridgehead atoms. The van der Waals surface area contributed by atoms with Crippen molar-refractivity contribution in [2.45, 2.75) is 46.0 Å². The van der Waals surface area contributed by atoms with E-state index in [4.69, 9.17) is 15.2 Å². The van der Waals surface area contributed by atoms with Gasteiger partial charge in [-0.25, -0.2) is 9.66 Å². The summed E-state index contributed by atoms with van der Waals surface area (Å²) in [6.45, 7) is 4.22. The van der Waals surface area contributed by atoms with E-state index < -0.39 is 0 Å². The molecule has 144 valence electrons. The van der Waals surface area contributed by atoms with Gasteiger partial charge in [0.25, 0.3) is 0 Å². The average molecular weight is 370 g/mol. The third kappa shape index (κ3) is 4.87. The van der Waals surface area contributed by atoms with Crippen LogP contribution < -0.4 is 15.2 Å². The molecule has 7 nitrogen and oxygen atoms in total. The van der Waals surface area contributed by atoms with Crippen molar-refractivity contribution in [1.29, 1.82) is 0 Å². The summed E-state index contributed by atoms with van der Waals surface area (Å²) in [5.74, 6) is 1.12. The van der Waals surface area contributed by atoms with Gasteiger partial charge in [0.1, 0.15) is 0 Å². The lowest BCUT2D eigenvalue weighted by molar-refractivity contribution is -0.140. The molecule has 0 aliphatic heterocycles. The van der Waals surface area contributed by atoms with Gasteiger partial charge >= 0.3 is 5.97 Å². The van der Waals surface area contributed by atoms with Crippen LogP contribution in [0.15, 0.2) is 29.5 Å². The average Bonchev–Trinajstić information content (AvgIpc) is 3.00. The van der Waals surface area contributed by atoms with Crippen molar-refractivity contribution in [3.8, 4) is 11.5 Å². The number of aryl methyl sites for hydroxylation is 1. The summed E-state index contributed by atoms with van der Waals surface area (Å²) in [5.41, 5.74) is 7.39. The van der Waals surface area contributed by atoms with E-state index in [0.717, 1.165) is 36.9 Å². The van der Waals surface area contributed by atoms with Crippen LogP contribution in [0.2, 0.25) is 0 Å². The molecular formula is C20H26N4O3. The Morgan fingerprint density at radius 1 is 1.33 bits per heavy atom. The van der Waals surface area contributed by atoms with Crippen molar-refractivity contribution >= 4 is 18.1 Å². The highest BCUT2D eigenvalue weighted by Gasteiger charge is 2.24. The Morgan fingerprint density at radius 3 is 2.78 bits per heavy atom. The fourth-order valence-corrected chi connectivity index (χ4v) is 3.21. The van der Waals surface area contributed by atoms with Gasteiger partial charge in [0.05, 0.1) is 30.6 Å². The number of nitrogens with zero attached hydrogens (tertiary/aromatic N) is 3. The number of esters is 1. The van der Waals surface area contributed by atoms with Crippen LogP contribution in [0.4, 0.5) is 5.95 Å². The summed E-state index contributed by atoms with van der Waals surface area (Å²) in [7, 11) is 0. The Morgan fingerprint density at radius 2 is 2.11 bits per heavy atom. The maximum Gasteiger partial charge on any atom is 0.314 e. The smallest absolute Gasteiger partial charge is 0.314 e. The molecule has 0 atom stereocenters. The summed E-state index contributed by atoms with van der Waals surface area (Å²) in [6, 6.07) is 5.38. The van der Waals surface area contributed by atoms with E-state index in [9.17, 15) is 4.79 Å². The molecule has 2 N–H and O–H groups in total. The quantitative estimate of drug-likeness (QED) is 0.477. The highest BCUT2D eigenvalue weighted by Crippen LogP contribution is 2.31. The number of rotatable bonds is 6. The summed E-state index contributed by atoms with van der Waals surface area (Å²) in [5, 5.41) is 4.30. The highest BCUT2D eigenvalue weighted by molar-refractivity contribution is 5.82. The molecule has 27 heavy (non-hydrogen) atoms. The van der Waals surface area contributed by atoms with Crippen LogP contribution in [0.3, 0.4) is 0 Å². The largest absolute Gasteiger partial charge is 0.490 e. The zero-order chi connectivity index (χ0) is 19.2. The van der Waals surface area contributed by atoms with E-state index in [1.54, 1.807) is 24.5 Å². The lowest BCUT2D eigenvalue weighted by Crippen LogP contribution is -2.23. The molecular weight excluding hydrogens is 344 g/mol. The minimum atomic E-state index is -0.168. The summed E-state index contributed by atoms with van der Waals surface area (Å²) >= 11 is 0. The van der Waals surface area contributed by atoms with Crippen molar-refractivity contribution < 1.29 is 14.3 Å². The van der Waals surface area contributed by atoms with Crippen LogP contribution in [-0.2, 0) is 4.79 Å². The molecule has 1 aliphatic carbocycles. The van der Waals surface area contributed by atoms with E-state index in [1.807, 2.05) is 19.9 Å². The van der Waals surface area contributed by atoms with Crippen LogP contribution in [0.1, 0.15) is 50.3 Å². The monoisotopic (exact) mass is 370 g/mol. The minimum Gasteiger partial charge on any atom is -0.490 e. The fraction of sp³-hybridized carbons (Fsp3) is 0.450. The van der Waals surface area contributed by atoms with Gasteiger partial charge in [-0.2, -0.15) is 5.10 Å². The number of aromatic nitrogens is 2. The topological polar surface area (TPSA) is 91.7 Å². The van der Waals surface area contributed by atoms with E-state index in [1.165, 1.54) is 11.1 Å². The van der Waals surface area contributed by atoms with Crippen molar-refractivity contribution in [3.63, 3.8) is 0 Å². The number of hydrogen-bond acceptors (Lipinski definition) is 6. The molecule has 1 aliphatic rings. The van der Waals surface area contributed by atoms with Crippen LogP contribution in [0.5, 0.6) is 11.5 Å². The van der Waals surface area contributed by atoms with Crippen molar-refractivity contribution in [2.75, 3.05) is 12.3 Å². The lowest BCUT2D eigenvalue weighted by atomic mass is 9.89. The molecule has 7 heteroatoms. The molecule has 0 spiro atoms. The van der Waals surface area contributed by atoms with Gasteiger partial charge in [0.2, 0.25) is 5.95 Å². The number of nitrogen functional groups attached to an aromatic ring is 1. The number of anilines is 1. The Labute approximate surface area is 159 Å². The molecule has 1 heterocycles. The molecule has 0 saturated heterocycles. The lowest BCUT2D eigenvalue weighted by Gasteiger charge is -2.20. The summed E-state index contributed by atoms with van der Waals surface area (Å²) in [6.07, 6.45) is 8.58. The maximum atomic E-state index is 12.4. The fourth-order valence-electron chi connectivity index (χ4n) is 3.21. The van der Waals surface area contributed by atoms with Crippen LogP contribution >= 0.6 is 0 Å². The zero-order valence-corrected chi connectivity index (χ0v) is 15.9. The maximum absolute atomic E-state index is 12.4. The standard InChI is InChI=1S/C20H26N4O3/c1-3-26-18-11-15(12-22-24-13-14(2)23-20(24)21)9-10-17(18)27-19(25)16-7-5-4-6-8-16/h9-13,16H,3-8H2,1-2H3,(H2,21,23). The Balaban J connectivity index is 1.75. The Bertz CT molecular complexity index is 823. The number of carbonyl (C=O) groups is 1. The normalized spacial score (nSPS) is 15.2. The predicted octanol–water partition coefficient (Wildman–Crippen LogP) is 3.54. The van der Waals surface area contributed by atoms with Gasteiger partial charge in [-0.05, 0) is 50.5 Å². The molecule has 1 fully saturated rings. The van der Waals surface area contributed by atoms with Crippen LogP contribution in [0, 0.1) is 12.8 Å². The van der Waals surface area contributed by atoms with E-state index in [-0.39, 0.29) is 11.9 Å². The number of hydrogen-bond donors (Lipinski definition) is 1. The Hall–Kier alpha value is -2.83.